The lowest BCUT2D eigenvalue weighted by Crippen LogP contribution is -2.47. The Balaban J connectivity index is 1.47. The summed E-state index contributed by atoms with van der Waals surface area (Å²) in [5.41, 5.74) is 2.32. The molecular weight excluding hydrogens is 452 g/mol. The van der Waals surface area contributed by atoms with Crippen molar-refractivity contribution in [3.63, 3.8) is 0 Å². The van der Waals surface area contributed by atoms with Gasteiger partial charge in [-0.2, -0.15) is 13.9 Å². The Morgan fingerprint density at radius 2 is 1.97 bits per heavy atom. The SMILES string of the molecule is C[C@@](O)(CO)[C@H]1CCCN(Cc2ccc(-c3cnn(CCc4ccccc4)c3)cc2OC(F)F)C1. The zero-order valence-electron chi connectivity index (χ0n) is 20.0. The standard InChI is InChI=1S/C27H33F2N3O3/c1-27(34,19-33)24-8-5-12-31(18-24)16-22-10-9-21(14-25(22)35-26(28)29)23-15-30-32(17-23)13-11-20-6-3-2-4-7-20/h2-4,6-7,9-10,14-15,17,24,26,33-34H,5,8,11-13,16,18-19H2,1H3/t24-,27+/m0/s1. The highest BCUT2D eigenvalue weighted by Gasteiger charge is 2.34. The van der Waals surface area contributed by atoms with Crippen LogP contribution in [0.15, 0.2) is 60.9 Å². The van der Waals surface area contributed by atoms with Gasteiger partial charge in [-0.3, -0.25) is 9.58 Å². The van der Waals surface area contributed by atoms with Crippen LogP contribution in [0.25, 0.3) is 11.1 Å². The van der Waals surface area contributed by atoms with Gasteiger partial charge in [0.2, 0.25) is 0 Å². The van der Waals surface area contributed by atoms with E-state index < -0.39 is 12.2 Å². The maximum atomic E-state index is 13.2. The first kappa shape index (κ1) is 25.3. The molecule has 0 aliphatic carbocycles. The fraction of sp³-hybridized carbons (Fsp3) is 0.444. The van der Waals surface area contributed by atoms with E-state index in [9.17, 15) is 19.0 Å². The Morgan fingerprint density at radius 3 is 2.71 bits per heavy atom. The first-order valence-electron chi connectivity index (χ1n) is 12.0. The first-order chi connectivity index (χ1) is 16.8. The number of aryl methyl sites for hydroxylation is 2. The van der Waals surface area contributed by atoms with E-state index in [1.165, 1.54) is 5.56 Å². The molecule has 0 unspecified atom stereocenters. The summed E-state index contributed by atoms with van der Waals surface area (Å²) in [6.07, 6.45) is 6.18. The molecule has 8 heteroatoms. The largest absolute Gasteiger partial charge is 0.434 e. The third kappa shape index (κ3) is 6.66. The van der Waals surface area contributed by atoms with Crippen molar-refractivity contribution in [1.82, 2.24) is 14.7 Å². The van der Waals surface area contributed by atoms with Gasteiger partial charge in [0.25, 0.3) is 0 Å². The van der Waals surface area contributed by atoms with Gasteiger partial charge in [0, 0.05) is 42.9 Å². The number of benzene rings is 2. The number of alkyl halides is 2. The van der Waals surface area contributed by atoms with E-state index in [1.54, 1.807) is 19.2 Å². The lowest BCUT2D eigenvalue weighted by Gasteiger charge is -2.39. The number of nitrogens with zero attached hydrogens (tertiary/aromatic N) is 3. The molecule has 0 saturated carbocycles. The van der Waals surface area contributed by atoms with Crippen LogP contribution in [0, 0.1) is 5.92 Å². The van der Waals surface area contributed by atoms with Gasteiger partial charge in [-0.25, -0.2) is 0 Å². The van der Waals surface area contributed by atoms with E-state index in [2.05, 4.69) is 22.1 Å². The first-order valence-corrected chi connectivity index (χ1v) is 12.0. The Labute approximate surface area is 204 Å². The molecule has 3 aromatic rings. The quantitative estimate of drug-likeness (QED) is 0.447. The second-order valence-corrected chi connectivity index (χ2v) is 9.52. The molecule has 1 fully saturated rings. The normalized spacial score (nSPS) is 18.5. The van der Waals surface area contributed by atoms with Crippen molar-refractivity contribution in [3.8, 4) is 16.9 Å². The van der Waals surface area contributed by atoms with E-state index in [1.807, 2.05) is 41.2 Å². The van der Waals surface area contributed by atoms with Crippen LogP contribution in [0.4, 0.5) is 8.78 Å². The van der Waals surface area contributed by atoms with Crippen molar-refractivity contribution in [3.05, 3.63) is 72.1 Å². The van der Waals surface area contributed by atoms with Crippen LogP contribution >= 0.6 is 0 Å². The van der Waals surface area contributed by atoms with Crippen molar-refractivity contribution >= 4 is 0 Å². The molecule has 2 aromatic carbocycles. The molecule has 35 heavy (non-hydrogen) atoms. The number of aliphatic hydroxyl groups is 2. The van der Waals surface area contributed by atoms with Crippen LogP contribution in [0.1, 0.15) is 30.9 Å². The number of ether oxygens (including phenoxy) is 1. The second kappa shape index (κ2) is 11.3. The summed E-state index contributed by atoms with van der Waals surface area (Å²) in [5, 5.41) is 24.4. The minimum atomic E-state index is -2.93. The fourth-order valence-corrected chi connectivity index (χ4v) is 4.67. The third-order valence-electron chi connectivity index (χ3n) is 6.82. The molecule has 1 saturated heterocycles. The van der Waals surface area contributed by atoms with Crippen molar-refractivity contribution < 1.29 is 23.7 Å². The Bertz CT molecular complexity index is 1090. The number of rotatable bonds is 10. The molecule has 0 radical (unpaired) electrons. The number of hydrogen-bond donors (Lipinski definition) is 2. The van der Waals surface area contributed by atoms with Crippen molar-refractivity contribution in [2.75, 3.05) is 19.7 Å². The van der Waals surface area contributed by atoms with E-state index in [-0.39, 0.29) is 18.3 Å². The molecule has 0 bridgehead atoms. The highest BCUT2D eigenvalue weighted by atomic mass is 19.3. The summed E-state index contributed by atoms with van der Waals surface area (Å²) in [6.45, 7) is 0.925. The van der Waals surface area contributed by atoms with Gasteiger partial charge in [-0.1, -0.05) is 42.5 Å². The molecule has 0 spiro atoms. The van der Waals surface area contributed by atoms with E-state index in [4.69, 9.17) is 4.74 Å². The molecule has 0 amide bonds. The molecule has 2 N–H and O–H groups in total. The van der Waals surface area contributed by atoms with E-state index in [0.717, 1.165) is 43.5 Å². The predicted octanol–water partition coefficient (Wildman–Crippen LogP) is 4.35. The number of hydrogen-bond acceptors (Lipinski definition) is 5. The zero-order valence-corrected chi connectivity index (χ0v) is 20.0. The molecule has 4 rings (SSSR count). The molecule has 1 aromatic heterocycles. The average Bonchev–Trinajstić information content (AvgIpc) is 3.33. The summed E-state index contributed by atoms with van der Waals surface area (Å²) in [4.78, 5) is 2.12. The Hall–Kier alpha value is -2.81. The fourth-order valence-electron chi connectivity index (χ4n) is 4.67. The summed E-state index contributed by atoms with van der Waals surface area (Å²) < 4.78 is 33.2. The number of piperidine rings is 1. The van der Waals surface area contributed by atoms with Gasteiger partial charge < -0.3 is 14.9 Å². The maximum absolute atomic E-state index is 13.2. The number of likely N-dealkylation sites (tertiary alicyclic amines) is 1. The second-order valence-electron chi connectivity index (χ2n) is 9.52. The van der Waals surface area contributed by atoms with Gasteiger partial charge in [0.15, 0.2) is 0 Å². The van der Waals surface area contributed by atoms with Crippen LogP contribution in [-0.4, -0.2) is 56.8 Å². The molecule has 188 valence electrons. The monoisotopic (exact) mass is 485 g/mol. The predicted molar refractivity (Wildman–Crippen MR) is 130 cm³/mol. The lowest BCUT2D eigenvalue weighted by molar-refractivity contribution is -0.0702. The highest BCUT2D eigenvalue weighted by molar-refractivity contribution is 5.64. The molecular formula is C27H33F2N3O3. The maximum Gasteiger partial charge on any atom is 0.387 e. The smallest absolute Gasteiger partial charge is 0.387 e. The van der Waals surface area contributed by atoms with Gasteiger partial charge in [0.05, 0.1) is 18.4 Å². The number of halogens is 2. The lowest BCUT2D eigenvalue weighted by atomic mass is 9.83. The molecule has 1 aliphatic rings. The van der Waals surface area contributed by atoms with Crippen LogP contribution in [0.5, 0.6) is 5.75 Å². The summed E-state index contributed by atoms with van der Waals surface area (Å²) in [7, 11) is 0. The van der Waals surface area contributed by atoms with Crippen molar-refractivity contribution in [2.45, 2.75) is 51.5 Å². The minimum absolute atomic E-state index is 0.0817. The zero-order chi connectivity index (χ0) is 24.8. The van der Waals surface area contributed by atoms with E-state index >= 15 is 0 Å². The number of aliphatic hydroxyl groups excluding tert-OH is 1. The summed E-state index contributed by atoms with van der Waals surface area (Å²) >= 11 is 0. The molecule has 2 atom stereocenters. The summed E-state index contributed by atoms with van der Waals surface area (Å²) in [5.74, 6) is 0.0623. The molecule has 1 aliphatic heterocycles. The average molecular weight is 486 g/mol. The molecule has 6 nitrogen and oxygen atoms in total. The van der Waals surface area contributed by atoms with Crippen LogP contribution in [0.2, 0.25) is 0 Å². The third-order valence-corrected chi connectivity index (χ3v) is 6.82. The number of aromatic nitrogens is 2. The topological polar surface area (TPSA) is 70.8 Å². The van der Waals surface area contributed by atoms with Gasteiger partial charge in [0.1, 0.15) is 5.75 Å². The Morgan fingerprint density at radius 1 is 1.17 bits per heavy atom. The van der Waals surface area contributed by atoms with Crippen LogP contribution in [-0.2, 0) is 19.5 Å². The summed E-state index contributed by atoms with van der Waals surface area (Å²) in [6, 6.07) is 15.5. The van der Waals surface area contributed by atoms with Crippen molar-refractivity contribution in [2.24, 2.45) is 5.92 Å². The van der Waals surface area contributed by atoms with Crippen LogP contribution < -0.4 is 4.74 Å². The van der Waals surface area contributed by atoms with E-state index in [0.29, 0.717) is 18.7 Å². The van der Waals surface area contributed by atoms with Gasteiger partial charge >= 0.3 is 6.61 Å². The van der Waals surface area contributed by atoms with Gasteiger partial charge in [-0.05, 0) is 49.9 Å². The van der Waals surface area contributed by atoms with Crippen LogP contribution in [0.3, 0.4) is 0 Å². The minimum Gasteiger partial charge on any atom is -0.434 e. The Kier molecular flexibility index (Phi) is 8.15. The van der Waals surface area contributed by atoms with Crippen molar-refractivity contribution in [1.29, 1.82) is 0 Å². The molecule has 2 heterocycles. The highest BCUT2D eigenvalue weighted by Crippen LogP contribution is 2.32. The van der Waals surface area contributed by atoms with Gasteiger partial charge in [-0.15, -0.1) is 0 Å².